The lowest BCUT2D eigenvalue weighted by Gasteiger charge is -2.28. The highest BCUT2D eigenvalue weighted by molar-refractivity contribution is 6.10. The van der Waals surface area contributed by atoms with E-state index in [4.69, 9.17) is 0 Å². The van der Waals surface area contributed by atoms with Crippen molar-refractivity contribution in [2.75, 3.05) is 26.0 Å². The predicted octanol–water partition coefficient (Wildman–Crippen LogP) is 2.53. The molecule has 1 N–H and O–H groups in total. The van der Waals surface area contributed by atoms with Gasteiger partial charge in [0.25, 0.3) is 0 Å². The highest BCUT2D eigenvalue weighted by Crippen LogP contribution is 2.22. The largest absolute Gasteiger partial charge is 0.465 e. The average Bonchev–Trinajstić information content (AvgIpc) is 2.71. The van der Waals surface area contributed by atoms with Gasteiger partial charge >= 0.3 is 5.97 Å². The number of ether oxygens (including phenoxy) is 1. The second kappa shape index (κ2) is 9.12. The predicted molar refractivity (Wildman–Crippen MR) is 106 cm³/mol. The Labute approximate surface area is 164 Å². The Morgan fingerprint density at radius 2 is 1.82 bits per heavy atom. The van der Waals surface area contributed by atoms with Gasteiger partial charge in [-0.25, -0.2) is 4.79 Å². The maximum absolute atomic E-state index is 12.8. The van der Waals surface area contributed by atoms with E-state index in [0.717, 1.165) is 5.56 Å². The molecule has 0 aliphatic heterocycles. The standard InChI is InChI=1S/C21H25N3O4/c1-21(2,20(27)24(3)13-10-15-8-11-22-12-9-15)19(26)23-17-7-5-6-16(14-17)18(25)28-4/h5-9,11-12,14H,10,13H2,1-4H3,(H,23,26). The summed E-state index contributed by atoms with van der Waals surface area (Å²) in [5.74, 6) is -1.24. The molecule has 0 bridgehead atoms. The second-order valence-electron chi connectivity index (χ2n) is 6.98. The molecule has 1 heterocycles. The Morgan fingerprint density at radius 1 is 1.14 bits per heavy atom. The average molecular weight is 383 g/mol. The van der Waals surface area contributed by atoms with E-state index in [1.165, 1.54) is 13.2 Å². The highest BCUT2D eigenvalue weighted by Gasteiger charge is 2.38. The minimum Gasteiger partial charge on any atom is -0.465 e. The Morgan fingerprint density at radius 3 is 2.46 bits per heavy atom. The molecule has 2 rings (SSSR count). The van der Waals surface area contributed by atoms with Gasteiger partial charge in [0.05, 0.1) is 12.7 Å². The van der Waals surface area contributed by atoms with Gasteiger partial charge < -0.3 is 15.0 Å². The molecule has 1 aromatic carbocycles. The fourth-order valence-electron chi connectivity index (χ4n) is 2.65. The normalized spacial score (nSPS) is 10.9. The molecule has 1 aromatic heterocycles. The van der Waals surface area contributed by atoms with Crippen molar-refractivity contribution in [3.63, 3.8) is 0 Å². The zero-order valence-corrected chi connectivity index (χ0v) is 16.6. The molecule has 0 aliphatic rings. The lowest BCUT2D eigenvalue weighted by molar-refractivity contribution is -0.145. The lowest BCUT2D eigenvalue weighted by atomic mass is 9.90. The molecule has 0 spiro atoms. The molecule has 0 fully saturated rings. The molecule has 7 nitrogen and oxygen atoms in total. The summed E-state index contributed by atoms with van der Waals surface area (Å²) in [5.41, 5.74) is 0.539. The van der Waals surface area contributed by atoms with Gasteiger partial charge in [-0.05, 0) is 56.2 Å². The number of carbonyl (C=O) groups is 3. The van der Waals surface area contributed by atoms with Crippen LogP contribution in [0.3, 0.4) is 0 Å². The number of amides is 2. The molecule has 28 heavy (non-hydrogen) atoms. The van der Waals surface area contributed by atoms with Crippen LogP contribution in [0.2, 0.25) is 0 Å². The van der Waals surface area contributed by atoms with Gasteiger partial charge in [0.2, 0.25) is 11.8 Å². The third-order valence-corrected chi connectivity index (χ3v) is 4.48. The van der Waals surface area contributed by atoms with Crippen molar-refractivity contribution in [2.24, 2.45) is 5.41 Å². The van der Waals surface area contributed by atoms with Gasteiger partial charge in [-0.15, -0.1) is 0 Å². The van der Waals surface area contributed by atoms with E-state index >= 15 is 0 Å². The number of hydrogen-bond acceptors (Lipinski definition) is 5. The first-order valence-corrected chi connectivity index (χ1v) is 8.90. The topological polar surface area (TPSA) is 88.6 Å². The maximum atomic E-state index is 12.8. The number of anilines is 1. The minimum absolute atomic E-state index is 0.289. The van der Waals surface area contributed by atoms with Gasteiger partial charge in [-0.3, -0.25) is 14.6 Å². The molecule has 0 saturated carbocycles. The number of pyridine rings is 1. The smallest absolute Gasteiger partial charge is 0.337 e. The number of carbonyl (C=O) groups excluding carboxylic acids is 3. The Kier molecular flexibility index (Phi) is 6.87. The van der Waals surface area contributed by atoms with Gasteiger partial charge in [0.15, 0.2) is 0 Å². The summed E-state index contributed by atoms with van der Waals surface area (Å²) < 4.78 is 4.68. The van der Waals surface area contributed by atoms with Crippen LogP contribution in [-0.2, 0) is 20.7 Å². The molecule has 148 valence electrons. The summed E-state index contributed by atoms with van der Waals surface area (Å²) in [5, 5.41) is 2.71. The molecule has 7 heteroatoms. The van der Waals surface area contributed by atoms with Gasteiger partial charge in [0.1, 0.15) is 5.41 Å². The third-order valence-electron chi connectivity index (χ3n) is 4.48. The number of nitrogens with one attached hydrogen (secondary N) is 1. The minimum atomic E-state index is -1.27. The first kappa shape index (κ1) is 21.1. The van der Waals surface area contributed by atoms with E-state index in [1.54, 1.807) is 56.4 Å². The summed E-state index contributed by atoms with van der Waals surface area (Å²) in [6.45, 7) is 3.65. The molecule has 0 unspecified atom stereocenters. The van der Waals surface area contributed by atoms with E-state index in [-0.39, 0.29) is 5.91 Å². The Hall–Kier alpha value is -3.22. The zero-order valence-electron chi connectivity index (χ0n) is 16.6. The van der Waals surface area contributed by atoms with E-state index in [1.807, 2.05) is 12.1 Å². The quantitative estimate of drug-likeness (QED) is 0.586. The van der Waals surface area contributed by atoms with Crippen molar-refractivity contribution in [1.29, 1.82) is 0 Å². The van der Waals surface area contributed by atoms with Crippen molar-refractivity contribution in [2.45, 2.75) is 20.3 Å². The van der Waals surface area contributed by atoms with Crippen LogP contribution in [0.5, 0.6) is 0 Å². The van der Waals surface area contributed by atoms with Crippen molar-refractivity contribution in [1.82, 2.24) is 9.88 Å². The lowest BCUT2D eigenvalue weighted by Crippen LogP contribution is -2.46. The summed E-state index contributed by atoms with van der Waals surface area (Å²) in [6.07, 6.45) is 4.08. The van der Waals surface area contributed by atoms with Crippen LogP contribution >= 0.6 is 0 Å². The van der Waals surface area contributed by atoms with Crippen molar-refractivity contribution < 1.29 is 19.1 Å². The van der Waals surface area contributed by atoms with E-state index in [9.17, 15) is 14.4 Å². The molecule has 0 radical (unpaired) electrons. The molecule has 2 amide bonds. The highest BCUT2D eigenvalue weighted by atomic mass is 16.5. The van der Waals surface area contributed by atoms with Crippen LogP contribution in [0.25, 0.3) is 0 Å². The summed E-state index contributed by atoms with van der Waals surface area (Å²) in [4.78, 5) is 42.7. The Bertz CT molecular complexity index is 850. The van der Waals surface area contributed by atoms with Crippen LogP contribution in [0.1, 0.15) is 29.8 Å². The molecular formula is C21H25N3O4. The zero-order chi connectivity index (χ0) is 20.7. The number of likely N-dealkylation sites (N-methyl/N-ethyl adjacent to an activating group) is 1. The van der Waals surface area contributed by atoms with Gasteiger partial charge in [0, 0.05) is 31.7 Å². The van der Waals surface area contributed by atoms with Crippen LogP contribution in [0.15, 0.2) is 48.8 Å². The van der Waals surface area contributed by atoms with E-state index < -0.39 is 17.3 Å². The fraction of sp³-hybridized carbons (Fsp3) is 0.333. The first-order valence-electron chi connectivity index (χ1n) is 8.90. The first-order chi connectivity index (χ1) is 13.3. The monoisotopic (exact) mass is 383 g/mol. The molecule has 0 aliphatic carbocycles. The number of nitrogens with zero attached hydrogens (tertiary/aromatic N) is 2. The number of esters is 1. The van der Waals surface area contributed by atoms with Crippen molar-refractivity contribution in [3.8, 4) is 0 Å². The van der Waals surface area contributed by atoms with Crippen LogP contribution in [0.4, 0.5) is 5.69 Å². The summed E-state index contributed by atoms with van der Waals surface area (Å²) in [6, 6.07) is 10.2. The molecule has 2 aromatic rings. The molecule has 0 saturated heterocycles. The third kappa shape index (κ3) is 5.16. The maximum Gasteiger partial charge on any atom is 0.337 e. The number of benzene rings is 1. The van der Waals surface area contributed by atoms with Crippen LogP contribution in [0, 0.1) is 5.41 Å². The SMILES string of the molecule is COC(=O)c1cccc(NC(=O)C(C)(C)C(=O)N(C)CCc2ccncc2)c1. The summed E-state index contributed by atoms with van der Waals surface area (Å²) in [7, 11) is 2.97. The fourth-order valence-corrected chi connectivity index (χ4v) is 2.65. The second-order valence-corrected chi connectivity index (χ2v) is 6.98. The Balaban J connectivity index is 2.02. The molecule has 0 atom stereocenters. The number of hydrogen-bond donors (Lipinski definition) is 1. The van der Waals surface area contributed by atoms with E-state index in [2.05, 4.69) is 15.0 Å². The van der Waals surface area contributed by atoms with E-state index in [0.29, 0.717) is 24.2 Å². The van der Waals surface area contributed by atoms with Crippen LogP contribution < -0.4 is 5.32 Å². The number of methoxy groups -OCH3 is 1. The van der Waals surface area contributed by atoms with Gasteiger partial charge in [-0.2, -0.15) is 0 Å². The van der Waals surface area contributed by atoms with Crippen LogP contribution in [-0.4, -0.2) is 48.4 Å². The van der Waals surface area contributed by atoms with Gasteiger partial charge in [-0.1, -0.05) is 6.07 Å². The summed E-state index contributed by atoms with van der Waals surface area (Å²) >= 11 is 0. The van der Waals surface area contributed by atoms with Crippen molar-refractivity contribution in [3.05, 3.63) is 59.9 Å². The molecular weight excluding hydrogens is 358 g/mol. The number of aromatic nitrogens is 1. The van der Waals surface area contributed by atoms with Crippen molar-refractivity contribution >= 4 is 23.5 Å². The number of rotatable bonds is 7.